The van der Waals surface area contributed by atoms with Crippen LogP contribution in [0.15, 0.2) is 71.6 Å². The van der Waals surface area contributed by atoms with Crippen molar-refractivity contribution in [3.63, 3.8) is 0 Å². The highest BCUT2D eigenvalue weighted by Crippen LogP contribution is 2.31. The van der Waals surface area contributed by atoms with Gasteiger partial charge < -0.3 is 5.32 Å². The van der Waals surface area contributed by atoms with Crippen molar-refractivity contribution in [2.45, 2.75) is 31.1 Å². The number of aryl methyl sites for hydroxylation is 2. The van der Waals surface area contributed by atoms with E-state index in [4.69, 9.17) is 0 Å². The average molecular weight is 444 g/mol. The van der Waals surface area contributed by atoms with Crippen LogP contribution in [-0.4, -0.2) is 20.1 Å². The van der Waals surface area contributed by atoms with Gasteiger partial charge in [0.15, 0.2) is 21.5 Å². The Bertz CT molecular complexity index is 1210. The Balaban J connectivity index is 2.02. The molecule has 31 heavy (non-hydrogen) atoms. The molecule has 0 aromatic heterocycles. The lowest BCUT2D eigenvalue weighted by atomic mass is 9.83. The molecule has 1 amide bonds. The molecule has 1 unspecified atom stereocenters. The van der Waals surface area contributed by atoms with Gasteiger partial charge in [0.05, 0.1) is 16.1 Å². The molecule has 4 nitrogen and oxygen atoms in total. The minimum absolute atomic E-state index is 0.382. The van der Waals surface area contributed by atoms with E-state index in [2.05, 4.69) is 5.32 Å². The zero-order chi connectivity index (χ0) is 22.8. The summed E-state index contributed by atoms with van der Waals surface area (Å²) >= 11 is 0. The van der Waals surface area contributed by atoms with Crippen LogP contribution in [0.5, 0.6) is 0 Å². The van der Waals surface area contributed by atoms with E-state index < -0.39 is 38.5 Å². The van der Waals surface area contributed by atoms with Crippen LogP contribution >= 0.6 is 0 Å². The summed E-state index contributed by atoms with van der Waals surface area (Å²) in [7, 11) is -4.13. The smallest absolute Gasteiger partial charge is 0.235 e. The van der Waals surface area contributed by atoms with Crippen LogP contribution in [0.1, 0.15) is 23.6 Å². The van der Waals surface area contributed by atoms with E-state index in [9.17, 15) is 22.0 Å². The molecule has 0 aliphatic heterocycles. The van der Waals surface area contributed by atoms with Gasteiger partial charge in [-0.15, -0.1) is 0 Å². The first-order valence-electron chi connectivity index (χ1n) is 9.64. The van der Waals surface area contributed by atoms with Gasteiger partial charge >= 0.3 is 0 Å². The Labute approximate surface area is 180 Å². The molecule has 3 aromatic rings. The van der Waals surface area contributed by atoms with Crippen molar-refractivity contribution in [2.24, 2.45) is 0 Å². The van der Waals surface area contributed by atoms with Crippen LogP contribution < -0.4 is 5.32 Å². The predicted octanol–water partition coefficient (Wildman–Crippen LogP) is 4.95. The summed E-state index contributed by atoms with van der Waals surface area (Å²) < 4.78 is 53.1. The summed E-state index contributed by atoms with van der Waals surface area (Å²) in [5.41, 5.74) is 1.50. The molecule has 0 spiro atoms. The SMILES string of the molecule is Cc1ccc(NC(=O)C(C)(CS(=O)(=O)c2ccc(F)c(F)c2)c2ccc(C)cc2)cc1. The maximum atomic E-state index is 13.7. The topological polar surface area (TPSA) is 63.2 Å². The van der Waals surface area contributed by atoms with Crippen LogP contribution in [-0.2, 0) is 20.0 Å². The number of nitrogens with one attached hydrogen (secondary N) is 1. The molecular weight excluding hydrogens is 420 g/mol. The van der Waals surface area contributed by atoms with Crippen LogP contribution in [0.25, 0.3) is 0 Å². The highest BCUT2D eigenvalue weighted by atomic mass is 32.2. The molecule has 3 rings (SSSR count). The van der Waals surface area contributed by atoms with Gasteiger partial charge in [-0.1, -0.05) is 47.5 Å². The van der Waals surface area contributed by atoms with Crippen LogP contribution in [0.3, 0.4) is 0 Å². The summed E-state index contributed by atoms with van der Waals surface area (Å²) in [4.78, 5) is 12.9. The number of carbonyl (C=O) groups is 1. The number of carbonyl (C=O) groups excluding carboxylic acids is 1. The number of benzene rings is 3. The van der Waals surface area contributed by atoms with Crippen molar-refractivity contribution in [3.8, 4) is 0 Å². The number of rotatable bonds is 6. The van der Waals surface area contributed by atoms with Crippen molar-refractivity contribution in [2.75, 3.05) is 11.1 Å². The molecule has 162 valence electrons. The second-order valence-corrected chi connectivity index (χ2v) is 9.84. The Morgan fingerprint density at radius 3 is 1.97 bits per heavy atom. The standard InChI is InChI=1S/C24H23F2NO3S/c1-16-4-8-18(9-5-16)24(3,23(28)27-19-10-6-17(2)7-11-19)15-31(29,30)20-12-13-21(25)22(26)14-20/h4-14H,15H2,1-3H3,(H,27,28). The number of halogens is 2. The molecule has 3 aromatic carbocycles. The van der Waals surface area contributed by atoms with Gasteiger partial charge in [-0.05, 0) is 56.7 Å². The third-order valence-corrected chi connectivity index (χ3v) is 7.16. The zero-order valence-electron chi connectivity index (χ0n) is 17.4. The van der Waals surface area contributed by atoms with E-state index in [-0.39, 0.29) is 4.90 Å². The molecular formula is C24H23F2NO3S. The monoisotopic (exact) mass is 443 g/mol. The van der Waals surface area contributed by atoms with Gasteiger partial charge in [0.1, 0.15) is 0 Å². The van der Waals surface area contributed by atoms with E-state index in [0.29, 0.717) is 17.3 Å². The summed E-state index contributed by atoms with van der Waals surface area (Å²) in [6.07, 6.45) is 0. The first kappa shape index (κ1) is 22.6. The minimum atomic E-state index is -4.13. The molecule has 0 bridgehead atoms. The molecule has 0 saturated heterocycles. The number of sulfone groups is 1. The van der Waals surface area contributed by atoms with E-state index in [0.717, 1.165) is 23.3 Å². The highest BCUT2D eigenvalue weighted by molar-refractivity contribution is 7.91. The first-order valence-corrected chi connectivity index (χ1v) is 11.3. The number of amides is 1. The summed E-state index contributed by atoms with van der Waals surface area (Å²) in [5.74, 6) is -3.54. The normalized spacial score (nSPS) is 13.5. The quantitative estimate of drug-likeness (QED) is 0.548. The summed E-state index contributed by atoms with van der Waals surface area (Å²) in [6, 6.07) is 16.5. The molecule has 1 N–H and O–H groups in total. The van der Waals surface area contributed by atoms with Crippen molar-refractivity contribution in [3.05, 3.63) is 95.1 Å². The lowest BCUT2D eigenvalue weighted by Gasteiger charge is -2.29. The number of anilines is 1. The Kier molecular flexibility index (Phi) is 6.27. The van der Waals surface area contributed by atoms with Crippen molar-refractivity contribution in [1.29, 1.82) is 0 Å². The van der Waals surface area contributed by atoms with Gasteiger partial charge in [-0.2, -0.15) is 0 Å². The second-order valence-electron chi connectivity index (χ2n) is 7.85. The molecule has 0 fully saturated rings. The molecule has 0 aliphatic rings. The maximum Gasteiger partial charge on any atom is 0.235 e. The predicted molar refractivity (Wildman–Crippen MR) is 117 cm³/mol. The number of hydrogen-bond acceptors (Lipinski definition) is 3. The Morgan fingerprint density at radius 1 is 0.871 bits per heavy atom. The van der Waals surface area contributed by atoms with Gasteiger partial charge in [0, 0.05) is 5.69 Å². The van der Waals surface area contributed by atoms with Gasteiger partial charge in [0.2, 0.25) is 5.91 Å². The van der Waals surface area contributed by atoms with Crippen molar-refractivity contribution >= 4 is 21.4 Å². The molecule has 0 radical (unpaired) electrons. The third kappa shape index (κ3) is 4.99. The molecule has 1 atom stereocenters. The van der Waals surface area contributed by atoms with E-state index in [1.807, 2.05) is 26.0 Å². The Hall–Kier alpha value is -3.06. The third-order valence-electron chi connectivity index (χ3n) is 5.23. The largest absolute Gasteiger partial charge is 0.325 e. The van der Waals surface area contributed by atoms with Crippen LogP contribution in [0.4, 0.5) is 14.5 Å². The van der Waals surface area contributed by atoms with Gasteiger partial charge in [0.25, 0.3) is 0 Å². The second kappa shape index (κ2) is 8.59. The van der Waals surface area contributed by atoms with Gasteiger partial charge in [-0.25, -0.2) is 17.2 Å². The zero-order valence-corrected chi connectivity index (χ0v) is 18.3. The lowest BCUT2D eigenvalue weighted by molar-refractivity contribution is -0.120. The van der Waals surface area contributed by atoms with Crippen LogP contribution in [0.2, 0.25) is 0 Å². The van der Waals surface area contributed by atoms with Crippen LogP contribution in [0, 0.1) is 25.5 Å². The molecule has 0 heterocycles. The fourth-order valence-electron chi connectivity index (χ4n) is 3.24. The van der Waals surface area contributed by atoms with Crippen molar-refractivity contribution in [1.82, 2.24) is 0 Å². The lowest BCUT2D eigenvalue weighted by Crippen LogP contribution is -2.43. The molecule has 0 saturated carbocycles. The molecule has 0 aliphatic carbocycles. The highest BCUT2D eigenvalue weighted by Gasteiger charge is 2.40. The van der Waals surface area contributed by atoms with Crippen molar-refractivity contribution < 1.29 is 22.0 Å². The van der Waals surface area contributed by atoms with E-state index >= 15 is 0 Å². The van der Waals surface area contributed by atoms with Gasteiger partial charge in [-0.3, -0.25) is 4.79 Å². The van der Waals surface area contributed by atoms with E-state index in [1.54, 1.807) is 36.4 Å². The average Bonchev–Trinajstić information content (AvgIpc) is 2.71. The fourth-order valence-corrected chi connectivity index (χ4v) is 5.02. The maximum absolute atomic E-state index is 13.7. The summed E-state index contributed by atoms with van der Waals surface area (Å²) in [6.45, 7) is 5.32. The first-order chi connectivity index (χ1) is 14.5. The Morgan fingerprint density at radius 2 is 1.42 bits per heavy atom. The van der Waals surface area contributed by atoms with E-state index in [1.165, 1.54) is 6.92 Å². The summed E-state index contributed by atoms with van der Waals surface area (Å²) in [5, 5.41) is 2.78. The fraction of sp³-hybridized carbons (Fsp3) is 0.208. The number of hydrogen-bond donors (Lipinski definition) is 1. The minimum Gasteiger partial charge on any atom is -0.325 e. The molecule has 7 heteroatoms.